The predicted molar refractivity (Wildman–Crippen MR) is 85.7 cm³/mol. The van der Waals surface area contributed by atoms with E-state index in [1.807, 2.05) is 0 Å². The van der Waals surface area contributed by atoms with E-state index in [9.17, 15) is 9.90 Å². The Labute approximate surface area is 139 Å². The summed E-state index contributed by atoms with van der Waals surface area (Å²) >= 11 is 0. The average molecular weight is 333 g/mol. The summed E-state index contributed by atoms with van der Waals surface area (Å²) in [4.78, 5) is 20.3. The fourth-order valence-electron chi connectivity index (χ4n) is 1.82. The molecular formula is C16H19N3O5. The average Bonchev–Trinajstić information content (AvgIpc) is 2.59. The number of hydrogen-bond acceptors (Lipinski definition) is 7. The van der Waals surface area contributed by atoms with Crippen molar-refractivity contribution in [1.82, 2.24) is 15.3 Å². The highest BCUT2D eigenvalue weighted by atomic mass is 16.5. The Bertz CT molecular complexity index is 684. The Morgan fingerprint density at radius 3 is 2.42 bits per heavy atom. The van der Waals surface area contributed by atoms with Crippen LogP contribution in [0.1, 0.15) is 17.3 Å². The molecule has 0 saturated heterocycles. The molecule has 1 aromatic heterocycles. The van der Waals surface area contributed by atoms with Gasteiger partial charge >= 0.3 is 6.01 Å². The van der Waals surface area contributed by atoms with Crippen molar-refractivity contribution in [3.05, 3.63) is 35.9 Å². The molecule has 8 heteroatoms. The van der Waals surface area contributed by atoms with E-state index in [1.54, 1.807) is 31.2 Å². The van der Waals surface area contributed by atoms with Gasteiger partial charge in [-0.05, 0) is 19.1 Å². The second-order valence-electron chi connectivity index (χ2n) is 4.89. The molecule has 0 fully saturated rings. The Morgan fingerprint density at radius 2 is 1.83 bits per heavy atom. The number of methoxy groups -OCH3 is 2. The summed E-state index contributed by atoms with van der Waals surface area (Å²) in [6.45, 7) is 1.72. The molecule has 0 unspecified atom stereocenters. The zero-order valence-electron chi connectivity index (χ0n) is 13.6. The lowest BCUT2D eigenvalue weighted by atomic mass is 10.2. The van der Waals surface area contributed by atoms with Gasteiger partial charge in [0.2, 0.25) is 11.8 Å². The van der Waals surface area contributed by atoms with Gasteiger partial charge in [-0.15, -0.1) is 0 Å². The largest absolute Gasteiger partial charge is 0.481 e. The van der Waals surface area contributed by atoms with Crippen LogP contribution < -0.4 is 19.5 Å². The highest BCUT2D eigenvalue weighted by Crippen LogP contribution is 2.26. The highest BCUT2D eigenvalue weighted by Gasteiger charge is 2.15. The van der Waals surface area contributed by atoms with Crippen molar-refractivity contribution in [3.63, 3.8) is 0 Å². The van der Waals surface area contributed by atoms with E-state index in [0.29, 0.717) is 5.56 Å². The molecule has 128 valence electrons. The van der Waals surface area contributed by atoms with Crippen molar-refractivity contribution in [3.8, 4) is 23.5 Å². The van der Waals surface area contributed by atoms with Crippen molar-refractivity contribution in [2.45, 2.75) is 13.0 Å². The molecule has 1 atom stereocenters. The van der Waals surface area contributed by atoms with Crippen molar-refractivity contribution in [1.29, 1.82) is 0 Å². The molecule has 1 amide bonds. The number of aliphatic hydroxyl groups excluding tert-OH is 1. The number of rotatable bonds is 7. The second-order valence-corrected chi connectivity index (χ2v) is 4.89. The van der Waals surface area contributed by atoms with Crippen LogP contribution in [0.3, 0.4) is 0 Å². The number of amides is 1. The minimum atomic E-state index is -0.645. The summed E-state index contributed by atoms with van der Waals surface area (Å²) in [7, 11) is 2.92. The van der Waals surface area contributed by atoms with Crippen molar-refractivity contribution >= 4 is 5.91 Å². The van der Waals surface area contributed by atoms with Crippen LogP contribution in [0.5, 0.6) is 23.5 Å². The lowest BCUT2D eigenvalue weighted by Crippen LogP contribution is -2.30. The van der Waals surface area contributed by atoms with E-state index in [4.69, 9.17) is 14.2 Å². The molecule has 1 aromatic carbocycles. The lowest BCUT2D eigenvalue weighted by molar-refractivity contribution is 0.0921. The first-order chi connectivity index (χ1) is 11.5. The number of aromatic nitrogens is 2. The first-order valence-corrected chi connectivity index (χ1v) is 7.23. The molecule has 0 radical (unpaired) electrons. The van der Waals surface area contributed by atoms with E-state index in [-0.39, 0.29) is 36.0 Å². The highest BCUT2D eigenvalue weighted by molar-refractivity contribution is 5.96. The zero-order valence-corrected chi connectivity index (χ0v) is 13.6. The van der Waals surface area contributed by atoms with Crippen molar-refractivity contribution in [2.24, 2.45) is 0 Å². The minimum absolute atomic E-state index is 0.0121. The normalized spacial score (nSPS) is 11.5. The Hall–Kier alpha value is -2.87. The SMILES string of the molecule is COc1cc(OC)nc(Oc2ccccc2C(=O)NC[C@H](C)O)n1. The fourth-order valence-corrected chi connectivity index (χ4v) is 1.82. The van der Waals surface area contributed by atoms with Gasteiger partial charge in [0.25, 0.3) is 5.91 Å². The molecule has 0 saturated carbocycles. The molecule has 0 spiro atoms. The first-order valence-electron chi connectivity index (χ1n) is 7.23. The molecule has 1 heterocycles. The minimum Gasteiger partial charge on any atom is -0.481 e. The van der Waals surface area contributed by atoms with Gasteiger partial charge in [-0.1, -0.05) is 12.1 Å². The molecule has 24 heavy (non-hydrogen) atoms. The maximum Gasteiger partial charge on any atom is 0.328 e. The van der Waals surface area contributed by atoms with Crippen LogP contribution in [-0.4, -0.2) is 47.8 Å². The van der Waals surface area contributed by atoms with Gasteiger partial charge < -0.3 is 24.6 Å². The van der Waals surface area contributed by atoms with Gasteiger partial charge in [0.1, 0.15) is 5.75 Å². The topological polar surface area (TPSA) is 103 Å². The standard InChI is InChI=1S/C16H19N3O5/c1-10(20)9-17-15(21)11-6-4-5-7-12(11)24-16-18-13(22-2)8-14(19-16)23-3/h4-8,10,20H,9H2,1-3H3,(H,17,21)/t10-/m0/s1. The molecular weight excluding hydrogens is 314 g/mol. The number of carbonyl (C=O) groups is 1. The van der Waals surface area contributed by atoms with Crippen LogP contribution in [0, 0.1) is 0 Å². The molecule has 2 N–H and O–H groups in total. The molecule has 2 rings (SSSR count). The lowest BCUT2D eigenvalue weighted by Gasteiger charge is -2.12. The summed E-state index contributed by atoms with van der Waals surface area (Å²) in [5, 5.41) is 11.9. The third kappa shape index (κ3) is 4.56. The van der Waals surface area contributed by atoms with E-state index in [1.165, 1.54) is 20.3 Å². The number of ether oxygens (including phenoxy) is 3. The van der Waals surface area contributed by atoms with Crippen molar-refractivity contribution < 1.29 is 24.1 Å². The third-order valence-electron chi connectivity index (χ3n) is 2.97. The number of nitrogens with zero attached hydrogens (tertiary/aromatic N) is 2. The van der Waals surface area contributed by atoms with E-state index < -0.39 is 6.10 Å². The van der Waals surface area contributed by atoms with Crippen molar-refractivity contribution in [2.75, 3.05) is 20.8 Å². The number of nitrogens with one attached hydrogen (secondary N) is 1. The molecule has 0 aliphatic heterocycles. The molecule has 8 nitrogen and oxygen atoms in total. The smallest absolute Gasteiger partial charge is 0.328 e. The fraction of sp³-hybridized carbons (Fsp3) is 0.312. The Balaban J connectivity index is 2.25. The Morgan fingerprint density at radius 1 is 1.21 bits per heavy atom. The predicted octanol–water partition coefficient (Wildman–Crippen LogP) is 1.40. The summed E-state index contributed by atoms with van der Waals surface area (Å²) in [5.41, 5.74) is 0.295. The summed E-state index contributed by atoms with van der Waals surface area (Å²) in [6, 6.07) is 8.14. The monoisotopic (exact) mass is 333 g/mol. The van der Waals surface area contributed by atoms with Gasteiger partial charge in [0.15, 0.2) is 0 Å². The summed E-state index contributed by atoms with van der Waals surface area (Å²) in [6.07, 6.45) is -0.645. The molecule has 0 bridgehead atoms. The number of hydrogen-bond donors (Lipinski definition) is 2. The zero-order chi connectivity index (χ0) is 17.5. The van der Waals surface area contributed by atoms with E-state index >= 15 is 0 Å². The quantitative estimate of drug-likeness (QED) is 0.789. The van der Waals surface area contributed by atoms with Crippen LogP contribution in [0.2, 0.25) is 0 Å². The van der Waals surface area contributed by atoms with Gasteiger partial charge in [-0.3, -0.25) is 4.79 Å². The Kier molecular flexibility index (Phi) is 5.91. The van der Waals surface area contributed by atoms with E-state index in [2.05, 4.69) is 15.3 Å². The van der Waals surface area contributed by atoms with E-state index in [0.717, 1.165) is 0 Å². The molecule has 0 aliphatic carbocycles. The maximum atomic E-state index is 12.2. The number of para-hydroxylation sites is 1. The molecule has 0 aliphatic rings. The van der Waals surface area contributed by atoms with Gasteiger partial charge in [-0.2, -0.15) is 9.97 Å². The van der Waals surface area contributed by atoms with Crippen LogP contribution in [-0.2, 0) is 0 Å². The number of aliphatic hydroxyl groups is 1. The van der Waals surface area contributed by atoms with Crippen LogP contribution in [0.4, 0.5) is 0 Å². The van der Waals surface area contributed by atoms with Gasteiger partial charge in [0, 0.05) is 6.54 Å². The maximum absolute atomic E-state index is 12.2. The summed E-state index contributed by atoms with van der Waals surface area (Å²) < 4.78 is 15.7. The van der Waals surface area contributed by atoms with Gasteiger partial charge in [0.05, 0.1) is 32.0 Å². The summed E-state index contributed by atoms with van der Waals surface area (Å²) in [5.74, 6) is 0.443. The van der Waals surface area contributed by atoms with Crippen LogP contribution >= 0.6 is 0 Å². The number of carbonyl (C=O) groups excluding carboxylic acids is 1. The number of benzene rings is 1. The van der Waals surface area contributed by atoms with Gasteiger partial charge in [-0.25, -0.2) is 0 Å². The van der Waals surface area contributed by atoms with Crippen LogP contribution in [0.15, 0.2) is 30.3 Å². The van der Waals surface area contributed by atoms with Crippen LogP contribution in [0.25, 0.3) is 0 Å². The third-order valence-corrected chi connectivity index (χ3v) is 2.97. The molecule has 2 aromatic rings. The second kappa shape index (κ2) is 8.11. The first kappa shape index (κ1) is 17.5.